The van der Waals surface area contributed by atoms with E-state index in [4.69, 9.17) is 0 Å². The smallest absolute Gasteiger partial charge is 0.317 e. The summed E-state index contributed by atoms with van der Waals surface area (Å²) in [6, 6.07) is 1.47. The summed E-state index contributed by atoms with van der Waals surface area (Å²) in [4.78, 5) is 36.0. The summed E-state index contributed by atoms with van der Waals surface area (Å²) < 4.78 is 0. The lowest BCUT2D eigenvalue weighted by molar-refractivity contribution is -0.121. The molecule has 1 aromatic heterocycles. The molecule has 0 aromatic carbocycles. The molecule has 0 aliphatic carbocycles. The molecule has 2 N–H and O–H groups in total. The van der Waals surface area contributed by atoms with Crippen molar-refractivity contribution in [3.8, 4) is 0 Å². The van der Waals surface area contributed by atoms with Gasteiger partial charge >= 0.3 is 6.03 Å². The van der Waals surface area contributed by atoms with Crippen LogP contribution in [0.4, 0.5) is 10.7 Å². The van der Waals surface area contributed by atoms with Crippen molar-refractivity contribution in [1.29, 1.82) is 0 Å². The molecule has 23 heavy (non-hydrogen) atoms. The number of hydrogen-bond acceptors (Lipinski definition) is 5. The van der Waals surface area contributed by atoms with Crippen LogP contribution in [0, 0.1) is 0 Å². The van der Waals surface area contributed by atoms with E-state index in [0.717, 1.165) is 0 Å². The van der Waals surface area contributed by atoms with Crippen LogP contribution < -0.4 is 10.6 Å². The number of rotatable bonds is 4. The molecule has 1 atom stereocenters. The van der Waals surface area contributed by atoms with E-state index >= 15 is 0 Å². The van der Waals surface area contributed by atoms with Gasteiger partial charge in [-0.05, 0) is 26.8 Å². The lowest BCUT2D eigenvalue weighted by atomic mass is 10.2. The second-order valence-electron chi connectivity index (χ2n) is 5.86. The number of nitrogens with one attached hydrogen (secondary N) is 2. The quantitative estimate of drug-likeness (QED) is 0.845. The Balaban J connectivity index is 1.82. The van der Waals surface area contributed by atoms with Gasteiger partial charge in [-0.3, -0.25) is 15.0 Å². The molecule has 1 aromatic rings. The van der Waals surface area contributed by atoms with Crippen LogP contribution in [0.5, 0.6) is 0 Å². The number of aromatic nitrogens is 2. The number of carbonyl (C=O) groups is 2. The number of hydrogen-bond donors (Lipinski definition) is 2. The molecule has 0 bridgehead atoms. The summed E-state index contributed by atoms with van der Waals surface area (Å²) in [7, 11) is 0. The maximum absolute atomic E-state index is 12.2. The Morgan fingerprint density at radius 1 is 1.09 bits per heavy atom. The molecule has 8 heteroatoms. The summed E-state index contributed by atoms with van der Waals surface area (Å²) >= 11 is 0. The lowest BCUT2D eigenvalue weighted by Gasteiger charge is -2.37. The van der Waals surface area contributed by atoms with Gasteiger partial charge in [-0.1, -0.05) is 0 Å². The standard InChI is InChI=1S/C15H24N6O2/c1-11(2)18-15(23)21-9-7-20(8-10-21)12(3)13(22)19-14-16-5-4-6-17-14/h4-6,11-12H,7-10H2,1-3H3,(H,18,23)(H,16,17,19,22). The van der Waals surface area contributed by atoms with Crippen LogP contribution in [-0.2, 0) is 4.79 Å². The van der Waals surface area contributed by atoms with Crippen molar-refractivity contribution in [1.82, 2.24) is 25.1 Å². The van der Waals surface area contributed by atoms with E-state index in [1.807, 2.05) is 20.8 Å². The zero-order valence-electron chi connectivity index (χ0n) is 13.8. The molecule has 1 saturated heterocycles. The summed E-state index contributed by atoms with van der Waals surface area (Å²) in [5.41, 5.74) is 0. The molecular weight excluding hydrogens is 296 g/mol. The summed E-state index contributed by atoms with van der Waals surface area (Å²) in [5.74, 6) is 0.163. The Kier molecular flexibility index (Phi) is 5.86. The monoisotopic (exact) mass is 320 g/mol. The van der Waals surface area contributed by atoms with Crippen LogP contribution in [0.15, 0.2) is 18.5 Å². The zero-order chi connectivity index (χ0) is 16.8. The Bertz CT molecular complexity index is 528. The van der Waals surface area contributed by atoms with Crippen LogP contribution in [0.25, 0.3) is 0 Å². The molecule has 3 amide bonds. The van der Waals surface area contributed by atoms with Crippen molar-refractivity contribution in [3.05, 3.63) is 18.5 Å². The maximum atomic E-state index is 12.2. The molecule has 0 saturated carbocycles. The number of urea groups is 1. The van der Waals surface area contributed by atoms with E-state index in [9.17, 15) is 9.59 Å². The third kappa shape index (κ3) is 4.88. The number of nitrogens with zero attached hydrogens (tertiary/aromatic N) is 4. The van der Waals surface area contributed by atoms with E-state index in [1.54, 1.807) is 23.4 Å². The predicted octanol–water partition coefficient (Wildman–Crippen LogP) is 0.539. The fourth-order valence-corrected chi connectivity index (χ4v) is 2.39. The third-order valence-corrected chi connectivity index (χ3v) is 3.74. The number of piperazine rings is 1. The highest BCUT2D eigenvalue weighted by Crippen LogP contribution is 2.08. The molecule has 2 rings (SSSR count). The highest BCUT2D eigenvalue weighted by Gasteiger charge is 2.27. The van der Waals surface area contributed by atoms with Gasteiger partial charge in [0.1, 0.15) is 0 Å². The first kappa shape index (κ1) is 17.1. The fraction of sp³-hybridized carbons (Fsp3) is 0.600. The largest absolute Gasteiger partial charge is 0.336 e. The van der Waals surface area contributed by atoms with Crippen molar-refractivity contribution in [2.24, 2.45) is 0 Å². The molecule has 1 fully saturated rings. The Morgan fingerprint density at radius 2 is 1.70 bits per heavy atom. The first-order chi connectivity index (χ1) is 11.0. The maximum Gasteiger partial charge on any atom is 0.317 e. The van der Waals surface area contributed by atoms with E-state index in [1.165, 1.54) is 0 Å². The van der Waals surface area contributed by atoms with Crippen molar-refractivity contribution in [2.75, 3.05) is 31.5 Å². The first-order valence-corrected chi connectivity index (χ1v) is 7.84. The second kappa shape index (κ2) is 7.87. The Hall–Kier alpha value is -2.22. The highest BCUT2D eigenvalue weighted by atomic mass is 16.2. The van der Waals surface area contributed by atoms with E-state index in [2.05, 4.69) is 25.5 Å². The Morgan fingerprint density at radius 3 is 2.26 bits per heavy atom. The summed E-state index contributed by atoms with van der Waals surface area (Å²) in [6.07, 6.45) is 3.17. The molecular formula is C15H24N6O2. The van der Waals surface area contributed by atoms with Crippen molar-refractivity contribution in [2.45, 2.75) is 32.9 Å². The van der Waals surface area contributed by atoms with Crippen molar-refractivity contribution >= 4 is 17.9 Å². The minimum Gasteiger partial charge on any atom is -0.336 e. The third-order valence-electron chi connectivity index (χ3n) is 3.74. The van der Waals surface area contributed by atoms with Crippen molar-refractivity contribution in [3.63, 3.8) is 0 Å². The second-order valence-corrected chi connectivity index (χ2v) is 5.86. The number of amides is 3. The van der Waals surface area contributed by atoms with Gasteiger partial charge in [0.25, 0.3) is 0 Å². The highest BCUT2D eigenvalue weighted by molar-refractivity contribution is 5.93. The van der Waals surface area contributed by atoms with Gasteiger partial charge in [0.15, 0.2) is 0 Å². The van der Waals surface area contributed by atoms with Gasteiger partial charge < -0.3 is 10.2 Å². The van der Waals surface area contributed by atoms with Gasteiger partial charge in [0, 0.05) is 44.6 Å². The van der Waals surface area contributed by atoms with Crippen LogP contribution >= 0.6 is 0 Å². The molecule has 1 unspecified atom stereocenters. The average molecular weight is 320 g/mol. The van der Waals surface area contributed by atoms with Crippen LogP contribution in [0.1, 0.15) is 20.8 Å². The molecule has 2 heterocycles. The summed E-state index contributed by atoms with van der Waals surface area (Å²) in [5, 5.41) is 5.59. The molecule has 1 aliphatic heterocycles. The molecule has 0 spiro atoms. The van der Waals surface area contributed by atoms with Crippen LogP contribution in [0.2, 0.25) is 0 Å². The van der Waals surface area contributed by atoms with Crippen LogP contribution in [0.3, 0.4) is 0 Å². The van der Waals surface area contributed by atoms with Crippen LogP contribution in [-0.4, -0.2) is 70.0 Å². The SMILES string of the molecule is CC(C)NC(=O)N1CCN(C(C)C(=O)Nc2ncccn2)CC1. The topological polar surface area (TPSA) is 90.5 Å². The molecule has 1 aliphatic rings. The van der Waals surface area contributed by atoms with Gasteiger partial charge in [0.05, 0.1) is 6.04 Å². The van der Waals surface area contributed by atoms with Gasteiger partial charge in [-0.25, -0.2) is 14.8 Å². The number of carbonyl (C=O) groups excluding carboxylic acids is 2. The first-order valence-electron chi connectivity index (χ1n) is 7.84. The Labute approximate surface area is 136 Å². The minimum atomic E-state index is -0.297. The molecule has 0 radical (unpaired) electrons. The predicted molar refractivity (Wildman–Crippen MR) is 86.9 cm³/mol. The average Bonchev–Trinajstić information content (AvgIpc) is 2.54. The summed E-state index contributed by atoms with van der Waals surface area (Å²) in [6.45, 7) is 8.27. The molecule has 8 nitrogen and oxygen atoms in total. The molecule has 126 valence electrons. The normalized spacial score (nSPS) is 17.0. The minimum absolute atomic E-state index is 0.0468. The van der Waals surface area contributed by atoms with E-state index in [-0.39, 0.29) is 24.0 Å². The fourth-order valence-electron chi connectivity index (χ4n) is 2.39. The van der Waals surface area contributed by atoms with Gasteiger partial charge in [0.2, 0.25) is 11.9 Å². The zero-order valence-corrected chi connectivity index (χ0v) is 13.8. The van der Waals surface area contributed by atoms with Gasteiger partial charge in [-0.15, -0.1) is 0 Å². The van der Waals surface area contributed by atoms with Crippen molar-refractivity contribution < 1.29 is 9.59 Å². The lowest BCUT2D eigenvalue weighted by Crippen LogP contribution is -2.56. The van der Waals surface area contributed by atoms with E-state index < -0.39 is 0 Å². The van der Waals surface area contributed by atoms with Gasteiger partial charge in [-0.2, -0.15) is 0 Å². The number of anilines is 1. The van der Waals surface area contributed by atoms with E-state index in [0.29, 0.717) is 32.1 Å².